The van der Waals surface area contributed by atoms with E-state index in [1.54, 1.807) is 18.2 Å². The van der Waals surface area contributed by atoms with Gasteiger partial charge in [0.05, 0.1) is 21.6 Å². The third kappa shape index (κ3) is 4.63. The number of para-hydroxylation sites is 1. The molecule has 7 nitrogen and oxygen atoms in total. The van der Waals surface area contributed by atoms with E-state index in [0.717, 1.165) is 18.2 Å². The molecule has 2 aromatic rings. The van der Waals surface area contributed by atoms with Crippen LogP contribution in [0.15, 0.2) is 58.5 Å². The molecule has 1 unspecified atom stereocenters. The molecule has 8 heteroatoms. The molecule has 0 radical (unpaired) electrons. The Morgan fingerprint density at radius 3 is 2.44 bits per heavy atom. The van der Waals surface area contributed by atoms with E-state index in [0.29, 0.717) is 5.92 Å². The fraction of sp³-hybridized carbons (Fsp3) is 0.235. The third-order valence-corrected chi connectivity index (χ3v) is 5.12. The maximum Gasteiger partial charge on any atom is 0.278 e. The number of nitro groups is 1. The van der Waals surface area contributed by atoms with E-state index in [4.69, 9.17) is 0 Å². The first kappa shape index (κ1) is 18.6. The van der Waals surface area contributed by atoms with Crippen molar-refractivity contribution < 1.29 is 13.3 Å². The average Bonchev–Trinajstić information content (AvgIpc) is 2.61. The molecule has 25 heavy (non-hydrogen) atoms. The molecule has 0 saturated carbocycles. The molecule has 0 saturated heterocycles. The SMILES string of the molecule is CCC(C)c1ccc(S(=O)(=O)NN=Cc2ccccc2[N+](=O)[O-])cc1. The van der Waals surface area contributed by atoms with Crippen LogP contribution in [0.5, 0.6) is 0 Å². The van der Waals surface area contributed by atoms with Crippen molar-refractivity contribution in [1.82, 2.24) is 4.83 Å². The number of nitrogens with one attached hydrogen (secondary N) is 1. The van der Waals surface area contributed by atoms with Gasteiger partial charge in [-0.15, -0.1) is 0 Å². The Hall–Kier alpha value is -2.74. The lowest BCUT2D eigenvalue weighted by atomic mass is 9.99. The van der Waals surface area contributed by atoms with Crippen molar-refractivity contribution in [1.29, 1.82) is 0 Å². The van der Waals surface area contributed by atoms with E-state index in [-0.39, 0.29) is 16.1 Å². The summed E-state index contributed by atoms with van der Waals surface area (Å²) in [7, 11) is -3.83. The van der Waals surface area contributed by atoms with Gasteiger partial charge in [-0.3, -0.25) is 10.1 Å². The number of sulfonamides is 1. The summed E-state index contributed by atoms with van der Waals surface area (Å²) in [4.78, 5) is 12.5. The van der Waals surface area contributed by atoms with Gasteiger partial charge in [0.15, 0.2) is 0 Å². The van der Waals surface area contributed by atoms with Crippen LogP contribution in [0, 0.1) is 10.1 Å². The Labute approximate surface area is 146 Å². The Balaban J connectivity index is 2.15. The van der Waals surface area contributed by atoms with Crippen LogP contribution in [-0.2, 0) is 10.0 Å². The second-order valence-electron chi connectivity index (χ2n) is 5.55. The number of hydrazone groups is 1. The number of rotatable bonds is 7. The lowest BCUT2D eigenvalue weighted by Crippen LogP contribution is -2.18. The molecule has 0 fully saturated rings. The Bertz CT molecular complexity index is 877. The molecule has 0 amide bonds. The van der Waals surface area contributed by atoms with Crippen LogP contribution in [0.25, 0.3) is 0 Å². The maximum absolute atomic E-state index is 12.2. The molecule has 132 valence electrons. The minimum atomic E-state index is -3.83. The van der Waals surface area contributed by atoms with Crippen LogP contribution < -0.4 is 4.83 Å². The minimum Gasteiger partial charge on any atom is -0.258 e. The molecular formula is C17H19N3O4S. The molecule has 2 aromatic carbocycles. The van der Waals surface area contributed by atoms with E-state index in [1.165, 1.54) is 30.3 Å². The summed E-state index contributed by atoms with van der Waals surface area (Å²) in [6, 6.07) is 12.5. The zero-order chi connectivity index (χ0) is 18.4. The second-order valence-corrected chi connectivity index (χ2v) is 7.21. The van der Waals surface area contributed by atoms with E-state index in [1.807, 2.05) is 0 Å². The fourth-order valence-electron chi connectivity index (χ4n) is 2.19. The summed E-state index contributed by atoms with van der Waals surface area (Å²) in [6.45, 7) is 4.13. The van der Waals surface area contributed by atoms with Crippen molar-refractivity contribution in [2.75, 3.05) is 0 Å². The number of nitro benzene ring substituents is 1. The number of nitrogens with zero attached hydrogens (tertiary/aromatic N) is 2. The summed E-state index contributed by atoms with van der Waals surface area (Å²) < 4.78 is 24.5. The van der Waals surface area contributed by atoms with Crippen LogP contribution in [0.3, 0.4) is 0 Å². The normalized spacial score (nSPS) is 12.9. The van der Waals surface area contributed by atoms with Gasteiger partial charge in [-0.2, -0.15) is 13.5 Å². The predicted molar refractivity (Wildman–Crippen MR) is 96.2 cm³/mol. The molecule has 0 aliphatic rings. The molecular weight excluding hydrogens is 342 g/mol. The highest BCUT2D eigenvalue weighted by molar-refractivity contribution is 7.89. The number of hydrogen-bond donors (Lipinski definition) is 1. The lowest BCUT2D eigenvalue weighted by Gasteiger charge is -2.09. The maximum atomic E-state index is 12.2. The van der Waals surface area contributed by atoms with Crippen molar-refractivity contribution >= 4 is 21.9 Å². The summed E-state index contributed by atoms with van der Waals surface area (Å²) in [5, 5.41) is 14.6. The van der Waals surface area contributed by atoms with Gasteiger partial charge < -0.3 is 0 Å². The van der Waals surface area contributed by atoms with Crippen molar-refractivity contribution in [3.8, 4) is 0 Å². The van der Waals surface area contributed by atoms with E-state index in [9.17, 15) is 18.5 Å². The van der Waals surface area contributed by atoms with Crippen LogP contribution in [0.4, 0.5) is 5.69 Å². The first-order valence-corrected chi connectivity index (χ1v) is 9.21. The largest absolute Gasteiger partial charge is 0.278 e. The first-order chi connectivity index (χ1) is 11.8. The van der Waals surface area contributed by atoms with Gasteiger partial charge in [-0.05, 0) is 36.1 Å². The molecule has 1 atom stereocenters. The molecule has 0 aromatic heterocycles. The summed E-state index contributed by atoms with van der Waals surface area (Å²) in [5.74, 6) is 0.348. The molecule has 0 aliphatic heterocycles. The Kier molecular flexibility index (Phi) is 5.87. The molecule has 2 rings (SSSR count). The van der Waals surface area contributed by atoms with Crippen molar-refractivity contribution in [3.63, 3.8) is 0 Å². The molecule has 1 N–H and O–H groups in total. The third-order valence-electron chi connectivity index (χ3n) is 3.88. The summed E-state index contributed by atoms with van der Waals surface area (Å²) in [5.41, 5.74) is 1.12. The van der Waals surface area contributed by atoms with E-state index in [2.05, 4.69) is 23.8 Å². The second kappa shape index (κ2) is 7.89. The first-order valence-electron chi connectivity index (χ1n) is 7.73. The molecule has 0 spiro atoms. The van der Waals surface area contributed by atoms with Gasteiger partial charge in [0.25, 0.3) is 15.7 Å². The number of hydrogen-bond acceptors (Lipinski definition) is 5. The summed E-state index contributed by atoms with van der Waals surface area (Å²) >= 11 is 0. The van der Waals surface area contributed by atoms with Crippen LogP contribution in [0.1, 0.15) is 37.3 Å². The van der Waals surface area contributed by atoms with Gasteiger partial charge >= 0.3 is 0 Å². The van der Waals surface area contributed by atoms with Gasteiger partial charge in [0, 0.05) is 6.07 Å². The fourth-order valence-corrected chi connectivity index (χ4v) is 2.98. The highest BCUT2D eigenvalue weighted by Gasteiger charge is 2.14. The van der Waals surface area contributed by atoms with Crippen LogP contribution in [-0.4, -0.2) is 19.6 Å². The van der Waals surface area contributed by atoms with Gasteiger partial charge in [-0.25, -0.2) is 4.83 Å². The highest BCUT2D eigenvalue weighted by Crippen LogP contribution is 2.20. The average molecular weight is 361 g/mol. The van der Waals surface area contributed by atoms with Crippen molar-refractivity contribution in [2.45, 2.75) is 31.1 Å². The van der Waals surface area contributed by atoms with E-state index < -0.39 is 14.9 Å². The number of benzene rings is 2. The quantitative estimate of drug-likeness (QED) is 0.464. The smallest absolute Gasteiger partial charge is 0.258 e. The summed E-state index contributed by atoms with van der Waals surface area (Å²) in [6.07, 6.45) is 2.08. The molecule has 0 bridgehead atoms. The zero-order valence-electron chi connectivity index (χ0n) is 13.9. The molecule has 0 heterocycles. The highest BCUT2D eigenvalue weighted by atomic mass is 32.2. The monoisotopic (exact) mass is 361 g/mol. The van der Waals surface area contributed by atoms with Crippen molar-refractivity contribution in [3.05, 3.63) is 69.8 Å². The topological polar surface area (TPSA) is 102 Å². The lowest BCUT2D eigenvalue weighted by molar-refractivity contribution is -0.385. The molecule has 0 aliphatic carbocycles. The van der Waals surface area contributed by atoms with Crippen LogP contribution >= 0.6 is 0 Å². The van der Waals surface area contributed by atoms with Gasteiger partial charge in [0.2, 0.25) is 0 Å². The van der Waals surface area contributed by atoms with Crippen molar-refractivity contribution in [2.24, 2.45) is 5.10 Å². The minimum absolute atomic E-state index is 0.0827. The standard InChI is InChI=1S/C17H19N3O4S/c1-3-13(2)14-8-10-16(11-9-14)25(23,24)19-18-12-15-6-4-5-7-17(15)20(21)22/h4-13,19H,3H2,1-2H3. The Morgan fingerprint density at radius 1 is 1.20 bits per heavy atom. The van der Waals surface area contributed by atoms with Gasteiger partial charge in [0.1, 0.15) is 0 Å². The van der Waals surface area contributed by atoms with Gasteiger partial charge in [-0.1, -0.05) is 38.1 Å². The Morgan fingerprint density at radius 2 is 1.84 bits per heavy atom. The van der Waals surface area contributed by atoms with Crippen LogP contribution in [0.2, 0.25) is 0 Å². The van der Waals surface area contributed by atoms with E-state index >= 15 is 0 Å². The zero-order valence-corrected chi connectivity index (χ0v) is 14.7. The predicted octanol–water partition coefficient (Wildman–Crippen LogP) is 3.42.